The van der Waals surface area contributed by atoms with Crippen LogP contribution in [0, 0.1) is 0 Å². The van der Waals surface area contributed by atoms with E-state index < -0.39 is 26.5 Å². The van der Waals surface area contributed by atoms with Gasteiger partial charge < -0.3 is 20.1 Å². The second kappa shape index (κ2) is 33.6. The van der Waals surface area contributed by atoms with Crippen molar-refractivity contribution in [2.45, 2.75) is 180 Å². The zero-order valence-corrected chi connectivity index (χ0v) is 30.4. The van der Waals surface area contributed by atoms with E-state index >= 15 is 0 Å². The summed E-state index contributed by atoms with van der Waals surface area (Å²) in [6.45, 7) is 3.52. The molecule has 0 aliphatic heterocycles. The topological polar surface area (TPSA) is 131 Å². The number of hydrogen-bond acceptors (Lipinski definition) is 7. The highest BCUT2D eigenvalue weighted by Crippen LogP contribution is 2.42. The van der Waals surface area contributed by atoms with Gasteiger partial charge in [0.1, 0.15) is 12.7 Å². The molecule has 272 valence electrons. The summed E-state index contributed by atoms with van der Waals surface area (Å²) in [6.07, 6.45) is 31.4. The zero-order valence-electron chi connectivity index (χ0n) is 29.5. The zero-order chi connectivity index (χ0) is 34.0. The standard InChI is InChI=1S/C36H70NO8P/c1-3-5-7-9-11-13-15-16-17-18-19-20-22-24-26-28-35(39)37-30-31-44-46(41,42)45-33-34(38)32-43-36(40)29-27-25-23-21-14-12-10-8-6-4-2/h16-17,34,38H,3-15,18-33H2,1-2H3,(H,37,39)(H,41,42)/b17-16-. The van der Waals surface area contributed by atoms with Crippen molar-refractivity contribution >= 4 is 19.7 Å². The van der Waals surface area contributed by atoms with E-state index in [1.54, 1.807) is 0 Å². The van der Waals surface area contributed by atoms with Gasteiger partial charge in [-0.25, -0.2) is 4.57 Å². The van der Waals surface area contributed by atoms with Crippen LogP contribution in [0.15, 0.2) is 12.2 Å². The van der Waals surface area contributed by atoms with Crippen molar-refractivity contribution in [3.63, 3.8) is 0 Å². The number of carbonyl (C=O) groups is 2. The predicted octanol–water partition coefficient (Wildman–Crippen LogP) is 9.49. The molecule has 2 unspecified atom stereocenters. The monoisotopic (exact) mass is 675 g/mol. The van der Waals surface area contributed by atoms with Gasteiger partial charge in [0.2, 0.25) is 5.91 Å². The van der Waals surface area contributed by atoms with Crippen molar-refractivity contribution in [2.75, 3.05) is 26.4 Å². The first-order valence-electron chi connectivity index (χ1n) is 18.7. The lowest BCUT2D eigenvalue weighted by Gasteiger charge is -2.15. The Hall–Kier alpha value is -1.25. The fourth-order valence-electron chi connectivity index (χ4n) is 5.08. The van der Waals surface area contributed by atoms with Crippen LogP contribution in [0.3, 0.4) is 0 Å². The minimum atomic E-state index is -4.40. The molecule has 0 saturated heterocycles. The predicted molar refractivity (Wildman–Crippen MR) is 188 cm³/mol. The maximum absolute atomic E-state index is 12.0. The molecular weight excluding hydrogens is 605 g/mol. The second-order valence-corrected chi connectivity index (χ2v) is 14.0. The number of aliphatic hydroxyl groups excluding tert-OH is 1. The van der Waals surface area contributed by atoms with E-state index in [1.807, 2.05) is 0 Å². The minimum Gasteiger partial charge on any atom is -0.463 e. The molecule has 10 heteroatoms. The van der Waals surface area contributed by atoms with Gasteiger partial charge in [-0.1, -0.05) is 135 Å². The summed E-state index contributed by atoms with van der Waals surface area (Å²) in [5.41, 5.74) is 0. The molecule has 0 radical (unpaired) electrons. The van der Waals surface area contributed by atoms with Crippen LogP contribution >= 0.6 is 7.82 Å². The van der Waals surface area contributed by atoms with Crippen LogP contribution in [0.5, 0.6) is 0 Å². The Kier molecular flexibility index (Phi) is 32.7. The molecule has 0 spiro atoms. The quantitative estimate of drug-likeness (QED) is 0.0262. The number of rotatable bonds is 35. The average molecular weight is 676 g/mol. The van der Waals surface area contributed by atoms with Crippen molar-refractivity contribution in [3.8, 4) is 0 Å². The SMILES string of the molecule is CCCCCCCC/C=C\CCCCCCCC(=O)NCCOP(=O)(O)OCC(O)COC(=O)CCCCCCCCCCCC. The van der Waals surface area contributed by atoms with E-state index in [0.717, 1.165) is 44.9 Å². The highest BCUT2D eigenvalue weighted by atomic mass is 31.2. The van der Waals surface area contributed by atoms with Gasteiger partial charge in [-0.05, 0) is 38.5 Å². The number of phosphoric ester groups is 1. The molecule has 9 nitrogen and oxygen atoms in total. The molecule has 0 saturated carbocycles. The second-order valence-electron chi connectivity index (χ2n) is 12.6. The Morgan fingerprint density at radius 1 is 0.652 bits per heavy atom. The van der Waals surface area contributed by atoms with Crippen LogP contribution in [0.2, 0.25) is 0 Å². The summed E-state index contributed by atoms with van der Waals surface area (Å²) < 4.78 is 26.7. The van der Waals surface area contributed by atoms with Gasteiger partial charge in [-0.2, -0.15) is 0 Å². The van der Waals surface area contributed by atoms with Gasteiger partial charge >= 0.3 is 13.8 Å². The Balaban J connectivity index is 3.62. The van der Waals surface area contributed by atoms with E-state index in [4.69, 9.17) is 13.8 Å². The van der Waals surface area contributed by atoms with E-state index in [2.05, 4.69) is 31.3 Å². The first-order chi connectivity index (χ1) is 22.3. The number of carbonyl (C=O) groups excluding carboxylic acids is 2. The lowest BCUT2D eigenvalue weighted by Crippen LogP contribution is -2.27. The summed E-state index contributed by atoms with van der Waals surface area (Å²) in [5.74, 6) is -0.524. The highest BCUT2D eigenvalue weighted by Gasteiger charge is 2.23. The number of unbranched alkanes of at least 4 members (excludes halogenated alkanes) is 20. The van der Waals surface area contributed by atoms with Crippen LogP contribution in [0.25, 0.3) is 0 Å². The van der Waals surface area contributed by atoms with Gasteiger partial charge in [0, 0.05) is 19.4 Å². The maximum atomic E-state index is 12.0. The summed E-state index contributed by atoms with van der Waals surface area (Å²) in [7, 11) is -4.40. The van der Waals surface area contributed by atoms with Gasteiger partial charge in [0.15, 0.2) is 0 Å². The normalized spacial score (nSPS) is 13.6. The third-order valence-corrected chi connectivity index (χ3v) is 8.93. The molecule has 0 rings (SSSR count). The number of aliphatic hydroxyl groups is 1. The molecule has 2 atom stereocenters. The number of ether oxygens (including phenoxy) is 1. The Labute approximate surface area is 281 Å². The number of esters is 1. The van der Waals surface area contributed by atoms with Crippen molar-refractivity contribution in [1.29, 1.82) is 0 Å². The molecular formula is C36H70NO8P. The number of allylic oxidation sites excluding steroid dienone is 2. The first kappa shape index (κ1) is 44.8. The van der Waals surface area contributed by atoms with Crippen LogP contribution in [-0.2, 0) is 27.9 Å². The lowest BCUT2D eigenvalue weighted by molar-refractivity contribution is -0.147. The van der Waals surface area contributed by atoms with E-state index in [0.29, 0.717) is 6.42 Å². The molecule has 0 fully saturated rings. The maximum Gasteiger partial charge on any atom is 0.472 e. The minimum absolute atomic E-state index is 0.0803. The van der Waals surface area contributed by atoms with Crippen molar-refractivity contribution < 1.29 is 37.9 Å². The number of hydrogen-bond donors (Lipinski definition) is 3. The van der Waals surface area contributed by atoms with Gasteiger partial charge in [-0.15, -0.1) is 0 Å². The van der Waals surface area contributed by atoms with E-state index in [9.17, 15) is 24.2 Å². The van der Waals surface area contributed by atoms with Gasteiger partial charge in [-0.3, -0.25) is 18.6 Å². The number of phosphoric acid groups is 1. The van der Waals surface area contributed by atoms with Gasteiger partial charge in [0.05, 0.1) is 13.2 Å². The molecule has 0 heterocycles. The summed E-state index contributed by atoms with van der Waals surface area (Å²) in [4.78, 5) is 33.7. The molecule has 0 aromatic carbocycles. The van der Waals surface area contributed by atoms with Crippen LogP contribution in [-0.4, -0.2) is 54.3 Å². The van der Waals surface area contributed by atoms with Crippen LogP contribution in [0.4, 0.5) is 0 Å². The largest absolute Gasteiger partial charge is 0.472 e. The molecule has 1 amide bonds. The van der Waals surface area contributed by atoms with E-state index in [1.165, 1.54) is 103 Å². The molecule has 3 N–H and O–H groups in total. The van der Waals surface area contributed by atoms with Crippen molar-refractivity contribution in [2.24, 2.45) is 0 Å². The molecule has 0 aromatic rings. The summed E-state index contributed by atoms with van der Waals surface area (Å²) in [6, 6.07) is 0. The Morgan fingerprint density at radius 2 is 1.11 bits per heavy atom. The molecule has 46 heavy (non-hydrogen) atoms. The van der Waals surface area contributed by atoms with Crippen LogP contribution < -0.4 is 5.32 Å². The molecule has 0 aromatic heterocycles. The first-order valence-corrected chi connectivity index (χ1v) is 20.2. The Morgan fingerprint density at radius 3 is 1.63 bits per heavy atom. The average Bonchev–Trinajstić information content (AvgIpc) is 3.04. The smallest absolute Gasteiger partial charge is 0.463 e. The van der Waals surface area contributed by atoms with E-state index in [-0.39, 0.29) is 32.1 Å². The number of amides is 1. The molecule has 0 aliphatic carbocycles. The highest BCUT2D eigenvalue weighted by molar-refractivity contribution is 7.47. The molecule has 0 aliphatic rings. The summed E-state index contributed by atoms with van der Waals surface area (Å²) in [5, 5.41) is 12.6. The third-order valence-electron chi connectivity index (χ3n) is 7.95. The Bertz CT molecular complexity index is 779. The third kappa shape index (κ3) is 34.1. The molecule has 0 bridgehead atoms. The fraction of sp³-hybridized carbons (Fsp3) is 0.889. The van der Waals surface area contributed by atoms with Crippen LogP contribution in [0.1, 0.15) is 174 Å². The van der Waals surface area contributed by atoms with Crippen molar-refractivity contribution in [1.82, 2.24) is 5.32 Å². The summed E-state index contributed by atoms with van der Waals surface area (Å²) >= 11 is 0. The lowest BCUT2D eigenvalue weighted by atomic mass is 10.1. The number of nitrogens with one attached hydrogen (secondary N) is 1. The van der Waals surface area contributed by atoms with Crippen molar-refractivity contribution in [3.05, 3.63) is 12.2 Å². The van der Waals surface area contributed by atoms with Gasteiger partial charge in [0.25, 0.3) is 0 Å². The fourth-order valence-corrected chi connectivity index (χ4v) is 5.84.